The van der Waals surface area contributed by atoms with Gasteiger partial charge in [0, 0.05) is 9.65 Å². The van der Waals surface area contributed by atoms with E-state index in [0.29, 0.717) is 9.65 Å². The lowest BCUT2D eigenvalue weighted by Crippen LogP contribution is -2.06. The van der Waals surface area contributed by atoms with Crippen molar-refractivity contribution in [1.29, 1.82) is 0 Å². The molecule has 0 fully saturated rings. The van der Waals surface area contributed by atoms with Crippen molar-refractivity contribution in [3.05, 3.63) is 0 Å². The number of rotatable bonds is 2. The molecule has 2 atom stereocenters. The molecule has 0 heterocycles. The van der Waals surface area contributed by atoms with Crippen LogP contribution in [-0.2, 0) is 0 Å². The quantitative estimate of drug-likeness (QED) is 0.639. The first-order chi connectivity index (χ1) is 3.18. The van der Waals surface area contributed by atoms with E-state index in [1.807, 2.05) is 0 Å². The average Bonchev–Trinajstić information content (AvgIpc) is 1.65. The fourth-order valence-corrected chi connectivity index (χ4v) is 0.699. The Labute approximate surface area is 61.9 Å². The highest BCUT2D eigenvalue weighted by molar-refractivity contribution is 9.12. The number of hydrogen-bond acceptors (Lipinski definition) is 0. The van der Waals surface area contributed by atoms with Gasteiger partial charge in [0.05, 0.1) is 0 Å². The molecule has 0 aromatic rings. The first-order valence-corrected chi connectivity index (χ1v) is 4.29. The fourth-order valence-electron chi connectivity index (χ4n) is 0.325. The van der Waals surface area contributed by atoms with Gasteiger partial charge in [-0.2, -0.15) is 0 Å². The molecule has 0 saturated heterocycles. The van der Waals surface area contributed by atoms with Gasteiger partial charge in [0.15, 0.2) is 0 Å². The van der Waals surface area contributed by atoms with E-state index >= 15 is 0 Å². The summed E-state index contributed by atoms with van der Waals surface area (Å²) in [5.41, 5.74) is 0. The zero-order valence-corrected chi connectivity index (χ0v) is 7.79. The first-order valence-electron chi connectivity index (χ1n) is 2.46. The van der Waals surface area contributed by atoms with Crippen molar-refractivity contribution in [2.75, 3.05) is 0 Å². The molecule has 44 valence electrons. The third-order valence-corrected chi connectivity index (χ3v) is 3.68. The molecule has 2 heteroatoms. The molecule has 0 amide bonds. The molecule has 0 rings (SSSR count). The van der Waals surface area contributed by atoms with Crippen LogP contribution in [0, 0.1) is 0 Å². The van der Waals surface area contributed by atoms with Gasteiger partial charge in [-0.05, 0) is 6.42 Å². The van der Waals surface area contributed by atoms with Crippen LogP contribution >= 0.6 is 31.9 Å². The first kappa shape index (κ1) is 7.96. The van der Waals surface area contributed by atoms with Crippen LogP contribution in [0.2, 0.25) is 0 Å². The minimum atomic E-state index is 0.595. The Hall–Kier alpha value is 0.960. The van der Waals surface area contributed by atoms with Gasteiger partial charge in [-0.15, -0.1) is 0 Å². The zero-order valence-electron chi connectivity index (χ0n) is 4.62. The second-order valence-electron chi connectivity index (χ2n) is 1.60. The minimum Gasteiger partial charge on any atom is -0.0882 e. The van der Waals surface area contributed by atoms with Crippen molar-refractivity contribution in [2.45, 2.75) is 29.9 Å². The SMILES string of the molecule is CCC(Br)C(C)Br. The highest BCUT2D eigenvalue weighted by atomic mass is 79.9. The van der Waals surface area contributed by atoms with Gasteiger partial charge in [0.2, 0.25) is 0 Å². The van der Waals surface area contributed by atoms with Gasteiger partial charge in [0.1, 0.15) is 0 Å². The summed E-state index contributed by atoms with van der Waals surface area (Å²) in [7, 11) is 0. The third-order valence-electron chi connectivity index (χ3n) is 0.888. The Morgan fingerprint density at radius 2 is 1.86 bits per heavy atom. The highest BCUT2D eigenvalue weighted by Gasteiger charge is 2.05. The van der Waals surface area contributed by atoms with Crippen molar-refractivity contribution in [1.82, 2.24) is 0 Å². The van der Waals surface area contributed by atoms with Gasteiger partial charge < -0.3 is 0 Å². The number of halogens is 2. The third kappa shape index (κ3) is 3.53. The minimum absolute atomic E-state index is 0.595. The summed E-state index contributed by atoms with van der Waals surface area (Å²) in [6, 6.07) is 0. The highest BCUT2D eigenvalue weighted by Crippen LogP contribution is 2.15. The molecule has 0 aliphatic heterocycles. The van der Waals surface area contributed by atoms with E-state index < -0.39 is 0 Å². The normalized spacial score (nSPS) is 18.9. The zero-order chi connectivity index (χ0) is 5.86. The van der Waals surface area contributed by atoms with Crippen LogP contribution in [-0.4, -0.2) is 9.65 Å². The van der Waals surface area contributed by atoms with Crippen LogP contribution < -0.4 is 0 Å². The lowest BCUT2D eigenvalue weighted by Gasteiger charge is -2.06. The second kappa shape index (κ2) is 3.90. The summed E-state index contributed by atoms with van der Waals surface area (Å²) >= 11 is 6.95. The summed E-state index contributed by atoms with van der Waals surface area (Å²) in [6.45, 7) is 4.31. The number of alkyl halides is 2. The van der Waals surface area contributed by atoms with Crippen molar-refractivity contribution < 1.29 is 0 Å². The molecule has 0 bridgehead atoms. The van der Waals surface area contributed by atoms with E-state index in [1.54, 1.807) is 0 Å². The molecule has 0 N–H and O–H groups in total. The maximum Gasteiger partial charge on any atom is 0.0265 e. The van der Waals surface area contributed by atoms with Crippen molar-refractivity contribution in [3.63, 3.8) is 0 Å². The van der Waals surface area contributed by atoms with E-state index in [0.717, 1.165) is 0 Å². The van der Waals surface area contributed by atoms with Crippen LogP contribution in [0.25, 0.3) is 0 Å². The second-order valence-corrected chi connectivity index (χ2v) is 4.22. The molecule has 7 heavy (non-hydrogen) atoms. The van der Waals surface area contributed by atoms with Crippen molar-refractivity contribution in [3.8, 4) is 0 Å². The Balaban J connectivity index is 3.14. The largest absolute Gasteiger partial charge is 0.0882 e. The number of hydrogen-bond donors (Lipinski definition) is 0. The molecule has 0 aromatic heterocycles. The van der Waals surface area contributed by atoms with Gasteiger partial charge in [-0.1, -0.05) is 45.7 Å². The predicted molar refractivity (Wildman–Crippen MR) is 41.4 cm³/mol. The molecule has 0 nitrogen and oxygen atoms in total. The van der Waals surface area contributed by atoms with Crippen LogP contribution in [0.5, 0.6) is 0 Å². The molecular weight excluding hydrogens is 220 g/mol. The molecule has 0 spiro atoms. The Kier molecular flexibility index (Phi) is 4.44. The summed E-state index contributed by atoms with van der Waals surface area (Å²) in [5, 5.41) is 0. The lowest BCUT2D eigenvalue weighted by atomic mass is 10.3. The Morgan fingerprint density at radius 3 is 1.86 bits per heavy atom. The van der Waals surface area contributed by atoms with Crippen LogP contribution in [0.15, 0.2) is 0 Å². The summed E-state index contributed by atoms with van der Waals surface area (Å²) in [4.78, 5) is 1.23. The summed E-state index contributed by atoms with van der Waals surface area (Å²) in [5.74, 6) is 0. The predicted octanol–water partition coefficient (Wildman–Crippen LogP) is 2.94. The fraction of sp³-hybridized carbons (Fsp3) is 1.00. The van der Waals surface area contributed by atoms with Gasteiger partial charge in [0.25, 0.3) is 0 Å². The molecule has 0 saturated carbocycles. The summed E-state index contributed by atoms with van der Waals surface area (Å²) < 4.78 is 0. The van der Waals surface area contributed by atoms with E-state index in [4.69, 9.17) is 0 Å². The smallest absolute Gasteiger partial charge is 0.0265 e. The maximum atomic E-state index is 3.49. The molecular formula is C5H10Br2. The van der Waals surface area contributed by atoms with E-state index in [-0.39, 0.29) is 0 Å². The van der Waals surface area contributed by atoms with Gasteiger partial charge in [-0.25, -0.2) is 0 Å². The topological polar surface area (TPSA) is 0 Å². The van der Waals surface area contributed by atoms with Crippen molar-refractivity contribution >= 4 is 31.9 Å². The standard InChI is InChI=1S/C5H10Br2/c1-3-5(7)4(2)6/h4-5H,3H2,1-2H3. The molecule has 0 aliphatic carbocycles. The van der Waals surface area contributed by atoms with Crippen LogP contribution in [0.1, 0.15) is 20.3 Å². The maximum absolute atomic E-state index is 3.49. The molecule has 0 aliphatic rings. The summed E-state index contributed by atoms with van der Waals surface area (Å²) in [6.07, 6.45) is 1.19. The van der Waals surface area contributed by atoms with E-state index in [1.165, 1.54) is 6.42 Å². The van der Waals surface area contributed by atoms with E-state index in [9.17, 15) is 0 Å². The average molecular weight is 230 g/mol. The molecule has 0 aromatic carbocycles. The van der Waals surface area contributed by atoms with E-state index in [2.05, 4.69) is 45.7 Å². The van der Waals surface area contributed by atoms with Crippen molar-refractivity contribution in [2.24, 2.45) is 0 Å². The lowest BCUT2D eigenvalue weighted by molar-refractivity contribution is 0.831. The molecule has 2 unspecified atom stereocenters. The van der Waals surface area contributed by atoms with Gasteiger partial charge in [-0.3, -0.25) is 0 Å². The molecule has 0 radical (unpaired) electrons. The Morgan fingerprint density at radius 1 is 1.43 bits per heavy atom. The van der Waals surface area contributed by atoms with Crippen LogP contribution in [0.3, 0.4) is 0 Å². The van der Waals surface area contributed by atoms with Crippen LogP contribution in [0.4, 0.5) is 0 Å². The van der Waals surface area contributed by atoms with Gasteiger partial charge >= 0.3 is 0 Å². The Bertz CT molecular complexity index is 43.3. The monoisotopic (exact) mass is 228 g/mol.